The predicted molar refractivity (Wildman–Crippen MR) is 184 cm³/mol. The number of hydrogen-bond donors (Lipinski definition) is 3. The van der Waals surface area contributed by atoms with E-state index >= 15 is 0 Å². The van der Waals surface area contributed by atoms with Crippen molar-refractivity contribution in [1.82, 2.24) is 10.6 Å². The van der Waals surface area contributed by atoms with Crippen LogP contribution in [0.2, 0.25) is 0 Å². The first-order valence-corrected chi connectivity index (χ1v) is 17.1. The van der Waals surface area contributed by atoms with Crippen molar-refractivity contribution in [2.24, 2.45) is 5.92 Å². The summed E-state index contributed by atoms with van der Waals surface area (Å²) in [6.07, 6.45) is -0.740. The fourth-order valence-corrected chi connectivity index (χ4v) is 6.88. The van der Waals surface area contributed by atoms with Crippen LogP contribution in [0.4, 0.5) is 10.5 Å². The number of fused-ring (bicyclic) bond motifs is 1. The number of hydrogen-bond acceptors (Lipinski definition) is 9. The summed E-state index contributed by atoms with van der Waals surface area (Å²) in [5.41, 5.74) is 4.19. The van der Waals surface area contributed by atoms with Crippen LogP contribution in [0, 0.1) is 19.8 Å². The van der Waals surface area contributed by atoms with Crippen molar-refractivity contribution < 1.29 is 43.2 Å². The number of ether oxygens (including phenoxy) is 5. The van der Waals surface area contributed by atoms with Crippen LogP contribution >= 0.6 is 0 Å². The Balaban J connectivity index is 1.12. The largest absolute Gasteiger partial charge is 0.483 e. The molecule has 6 rings (SSSR count). The lowest BCUT2D eigenvalue weighted by atomic mass is 9.93. The summed E-state index contributed by atoms with van der Waals surface area (Å²) < 4.78 is 28.2. The number of benzene rings is 3. The maximum atomic E-state index is 13.4. The molecule has 0 spiro atoms. The SMILES string of the molecule is Cc1cc(N2COCC2=O)cc(C)c1OCC(=O)N[C@@H](Cc1ccccc1)C[C@H](O)[C@H](Cc1ccccc1)NC(=O)O[C@H]1COC2OCCC21. The maximum absolute atomic E-state index is 13.4. The minimum Gasteiger partial charge on any atom is -0.483 e. The average Bonchev–Trinajstić information content (AvgIpc) is 3.84. The Bertz CT molecular complexity index is 1600. The number of nitrogens with zero attached hydrogens (tertiary/aromatic N) is 1. The molecule has 3 heterocycles. The zero-order valence-electron chi connectivity index (χ0n) is 28.4. The quantitative estimate of drug-likeness (QED) is 0.232. The Morgan fingerprint density at radius 1 is 0.960 bits per heavy atom. The summed E-state index contributed by atoms with van der Waals surface area (Å²) in [6.45, 7) is 4.56. The van der Waals surface area contributed by atoms with Gasteiger partial charge in [-0.2, -0.15) is 0 Å². The number of carbonyl (C=O) groups excluding carboxylic acids is 3. The number of anilines is 1. The molecular weight excluding hydrogens is 642 g/mol. The number of aliphatic hydroxyl groups is 1. The monoisotopic (exact) mass is 687 g/mol. The highest BCUT2D eigenvalue weighted by Gasteiger charge is 2.44. The van der Waals surface area contributed by atoms with E-state index in [1.807, 2.05) is 86.6 Å². The molecule has 3 aromatic rings. The van der Waals surface area contributed by atoms with Gasteiger partial charge in [-0.15, -0.1) is 0 Å². The lowest BCUT2D eigenvalue weighted by Crippen LogP contribution is -2.50. The fraction of sp³-hybridized carbons (Fsp3) is 0.447. The maximum Gasteiger partial charge on any atom is 0.407 e. The van der Waals surface area contributed by atoms with Gasteiger partial charge in [0.2, 0.25) is 0 Å². The average molecular weight is 688 g/mol. The molecule has 266 valence electrons. The van der Waals surface area contributed by atoms with E-state index in [2.05, 4.69) is 10.6 Å². The summed E-state index contributed by atoms with van der Waals surface area (Å²) >= 11 is 0. The van der Waals surface area contributed by atoms with Crippen LogP contribution < -0.4 is 20.3 Å². The summed E-state index contributed by atoms with van der Waals surface area (Å²) in [5, 5.41) is 17.6. The second-order valence-electron chi connectivity index (χ2n) is 13.2. The lowest BCUT2D eigenvalue weighted by Gasteiger charge is -2.29. The van der Waals surface area contributed by atoms with Gasteiger partial charge in [0.25, 0.3) is 11.8 Å². The van der Waals surface area contributed by atoms with Gasteiger partial charge in [0.15, 0.2) is 12.9 Å². The number of amides is 3. The Morgan fingerprint density at radius 3 is 2.30 bits per heavy atom. The molecule has 3 aliphatic heterocycles. The van der Waals surface area contributed by atoms with Crippen molar-refractivity contribution in [2.75, 3.05) is 38.1 Å². The molecule has 3 fully saturated rings. The van der Waals surface area contributed by atoms with E-state index in [1.165, 1.54) is 0 Å². The number of aryl methyl sites for hydroxylation is 2. The molecule has 3 saturated heterocycles. The van der Waals surface area contributed by atoms with E-state index in [1.54, 1.807) is 4.90 Å². The van der Waals surface area contributed by atoms with Gasteiger partial charge >= 0.3 is 6.09 Å². The highest BCUT2D eigenvalue weighted by Crippen LogP contribution is 2.33. The molecule has 0 saturated carbocycles. The molecule has 6 atom stereocenters. The van der Waals surface area contributed by atoms with Crippen molar-refractivity contribution in [3.8, 4) is 5.75 Å². The first-order chi connectivity index (χ1) is 24.2. The normalized spacial score (nSPS) is 21.7. The highest BCUT2D eigenvalue weighted by atomic mass is 16.7. The molecule has 0 aliphatic carbocycles. The van der Waals surface area contributed by atoms with E-state index in [0.29, 0.717) is 30.9 Å². The second-order valence-corrected chi connectivity index (χ2v) is 13.2. The molecule has 12 heteroatoms. The van der Waals surface area contributed by atoms with Crippen molar-refractivity contribution in [3.05, 3.63) is 95.1 Å². The van der Waals surface area contributed by atoms with E-state index in [9.17, 15) is 19.5 Å². The topological polar surface area (TPSA) is 145 Å². The van der Waals surface area contributed by atoms with Gasteiger partial charge in [-0.25, -0.2) is 4.79 Å². The zero-order chi connectivity index (χ0) is 35.0. The van der Waals surface area contributed by atoms with E-state index in [-0.39, 0.29) is 57.0 Å². The number of carbonyl (C=O) groups is 3. The molecular formula is C38H45N3O9. The zero-order valence-corrected chi connectivity index (χ0v) is 28.4. The molecule has 12 nitrogen and oxygen atoms in total. The van der Waals surface area contributed by atoms with Crippen LogP contribution in [0.25, 0.3) is 0 Å². The van der Waals surface area contributed by atoms with Gasteiger partial charge < -0.3 is 39.4 Å². The first kappa shape index (κ1) is 35.3. The molecule has 0 bridgehead atoms. The first-order valence-electron chi connectivity index (χ1n) is 17.1. The van der Waals surface area contributed by atoms with Crippen molar-refractivity contribution >= 4 is 23.6 Å². The molecule has 3 aromatic carbocycles. The van der Waals surface area contributed by atoms with E-state index in [4.69, 9.17) is 23.7 Å². The number of rotatable bonds is 14. The van der Waals surface area contributed by atoms with Crippen LogP contribution in [0.3, 0.4) is 0 Å². The van der Waals surface area contributed by atoms with Crippen LogP contribution in [0.15, 0.2) is 72.8 Å². The van der Waals surface area contributed by atoms with Crippen LogP contribution in [-0.4, -0.2) is 86.8 Å². The van der Waals surface area contributed by atoms with Gasteiger partial charge in [-0.1, -0.05) is 60.7 Å². The third-order valence-electron chi connectivity index (χ3n) is 9.38. The Hall–Kier alpha value is -4.49. The van der Waals surface area contributed by atoms with Crippen molar-refractivity contribution in [2.45, 2.75) is 70.1 Å². The summed E-state index contributed by atoms with van der Waals surface area (Å²) in [6, 6.07) is 21.8. The number of nitrogens with one attached hydrogen (secondary N) is 2. The van der Waals surface area contributed by atoms with Crippen molar-refractivity contribution in [3.63, 3.8) is 0 Å². The van der Waals surface area contributed by atoms with E-state index < -0.39 is 30.4 Å². The second kappa shape index (κ2) is 16.5. The minimum absolute atomic E-state index is 0.0136. The molecule has 3 N–H and O–H groups in total. The smallest absolute Gasteiger partial charge is 0.407 e. The van der Waals surface area contributed by atoms with Crippen LogP contribution in [-0.2, 0) is 41.4 Å². The van der Waals surface area contributed by atoms with Crippen LogP contribution in [0.1, 0.15) is 35.1 Å². The standard InChI is InChI=1S/C38H45N3O9/c1-24-15-29(41-23-46-22-35(41)44)16-25(2)36(24)48-21-34(43)39-28(17-26-9-5-3-6-10-26)19-32(42)31(18-27-11-7-4-8-12-27)40-38(45)50-33-20-49-37-30(33)13-14-47-37/h3-12,15-16,28,30-33,37,42H,13-14,17-23H2,1-2H3,(H,39,43)(H,40,45)/t28-,30?,31-,32-,33-,37?/m0/s1. The van der Waals surface area contributed by atoms with Gasteiger partial charge in [-0.05, 0) is 73.9 Å². The Labute approximate surface area is 292 Å². The van der Waals surface area contributed by atoms with Gasteiger partial charge in [0.05, 0.1) is 31.3 Å². The van der Waals surface area contributed by atoms with Gasteiger partial charge in [0, 0.05) is 11.7 Å². The summed E-state index contributed by atoms with van der Waals surface area (Å²) in [4.78, 5) is 40.3. The van der Waals surface area contributed by atoms with E-state index in [0.717, 1.165) is 28.7 Å². The van der Waals surface area contributed by atoms with Gasteiger partial charge in [-0.3, -0.25) is 14.5 Å². The van der Waals surface area contributed by atoms with Crippen LogP contribution in [0.5, 0.6) is 5.75 Å². The lowest BCUT2D eigenvalue weighted by molar-refractivity contribution is -0.124. The van der Waals surface area contributed by atoms with Gasteiger partial charge in [0.1, 0.15) is 25.2 Å². The van der Waals surface area contributed by atoms with Crippen molar-refractivity contribution in [1.29, 1.82) is 0 Å². The number of aliphatic hydroxyl groups excluding tert-OH is 1. The molecule has 2 unspecified atom stereocenters. The molecule has 0 radical (unpaired) electrons. The molecule has 3 amide bonds. The predicted octanol–water partition coefficient (Wildman–Crippen LogP) is 3.58. The summed E-state index contributed by atoms with van der Waals surface area (Å²) in [7, 11) is 0. The number of alkyl carbamates (subject to hydrolysis) is 1. The Kier molecular flexibility index (Phi) is 11.6. The fourth-order valence-electron chi connectivity index (χ4n) is 6.88. The molecule has 0 aromatic heterocycles. The minimum atomic E-state index is -1.03. The third-order valence-corrected chi connectivity index (χ3v) is 9.38. The molecule has 3 aliphatic rings. The third kappa shape index (κ3) is 8.99. The summed E-state index contributed by atoms with van der Waals surface area (Å²) in [5.74, 6) is 0.0817. The molecule has 50 heavy (non-hydrogen) atoms. The Morgan fingerprint density at radius 2 is 1.64 bits per heavy atom. The highest BCUT2D eigenvalue weighted by molar-refractivity contribution is 5.95.